The van der Waals surface area contributed by atoms with Gasteiger partial charge in [0.2, 0.25) is 5.91 Å². The molecule has 0 bridgehead atoms. The fraction of sp³-hybridized carbons (Fsp3) is 0.385. The highest BCUT2D eigenvalue weighted by atomic mass is 16.5. The van der Waals surface area contributed by atoms with Gasteiger partial charge in [0.25, 0.3) is 5.91 Å². The molecule has 1 aromatic carbocycles. The van der Waals surface area contributed by atoms with E-state index in [4.69, 9.17) is 4.74 Å². The molecule has 0 aliphatic carbocycles. The van der Waals surface area contributed by atoms with Crippen LogP contribution in [0.1, 0.15) is 24.2 Å². The van der Waals surface area contributed by atoms with E-state index in [1.165, 1.54) is 0 Å². The zero-order valence-electron chi connectivity index (χ0n) is 10.7. The van der Waals surface area contributed by atoms with Crippen molar-refractivity contribution < 1.29 is 14.3 Å². The summed E-state index contributed by atoms with van der Waals surface area (Å²) in [5.41, 5.74) is 0.503. The van der Waals surface area contributed by atoms with Crippen LogP contribution in [0.15, 0.2) is 24.3 Å². The van der Waals surface area contributed by atoms with E-state index in [-0.39, 0.29) is 18.4 Å². The molecule has 2 N–H and O–H groups in total. The predicted molar refractivity (Wildman–Crippen MR) is 68.6 cm³/mol. The second-order valence-electron chi connectivity index (χ2n) is 3.59. The van der Waals surface area contributed by atoms with Crippen molar-refractivity contribution in [1.82, 2.24) is 10.6 Å². The number of amides is 2. The number of ether oxygens (including phenoxy) is 1. The van der Waals surface area contributed by atoms with Crippen molar-refractivity contribution in [1.29, 1.82) is 0 Å². The maximum Gasteiger partial charge on any atom is 0.251 e. The summed E-state index contributed by atoms with van der Waals surface area (Å²) in [6.07, 6.45) is 0. The number of rotatable bonds is 6. The Morgan fingerprint density at radius 1 is 1.11 bits per heavy atom. The Kier molecular flexibility index (Phi) is 5.70. The van der Waals surface area contributed by atoms with Crippen LogP contribution in [0.3, 0.4) is 0 Å². The second-order valence-corrected chi connectivity index (χ2v) is 3.59. The highest BCUT2D eigenvalue weighted by Crippen LogP contribution is 2.11. The third-order valence-corrected chi connectivity index (χ3v) is 2.21. The molecule has 0 saturated carbocycles. The first-order chi connectivity index (χ1) is 8.67. The first kappa shape index (κ1) is 14.0. The summed E-state index contributed by atoms with van der Waals surface area (Å²) >= 11 is 0. The molecule has 2 amide bonds. The van der Waals surface area contributed by atoms with E-state index >= 15 is 0 Å². The number of hydrogen-bond acceptors (Lipinski definition) is 3. The zero-order valence-corrected chi connectivity index (χ0v) is 10.7. The average molecular weight is 250 g/mol. The maximum atomic E-state index is 11.7. The summed E-state index contributed by atoms with van der Waals surface area (Å²) < 4.78 is 5.27. The maximum absolute atomic E-state index is 11.7. The fourth-order valence-corrected chi connectivity index (χ4v) is 1.39. The van der Waals surface area contributed by atoms with Crippen molar-refractivity contribution in [2.45, 2.75) is 13.8 Å². The van der Waals surface area contributed by atoms with Crippen LogP contribution in [-0.4, -0.2) is 31.5 Å². The normalized spacial score (nSPS) is 9.67. The van der Waals surface area contributed by atoms with E-state index in [2.05, 4.69) is 10.6 Å². The van der Waals surface area contributed by atoms with Crippen molar-refractivity contribution >= 4 is 11.8 Å². The molecule has 0 saturated heterocycles. The third-order valence-electron chi connectivity index (χ3n) is 2.21. The predicted octanol–water partition coefficient (Wildman–Crippen LogP) is 0.951. The van der Waals surface area contributed by atoms with Crippen LogP contribution in [0.25, 0.3) is 0 Å². The molecule has 5 heteroatoms. The Bertz CT molecular complexity index is 401. The Morgan fingerprint density at radius 3 is 2.33 bits per heavy atom. The van der Waals surface area contributed by atoms with Gasteiger partial charge in [-0.25, -0.2) is 0 Å². The number of carbonyl (C=O) groups is 2. The van der Waals surface area contributed by atoms with Gasteiger partial charge in [-0.3, -0.25) is 9.59 Å². The van der Waals surface area contributed by atoms with E-state index in [0.29, 0.717) is 18.7 Å². The van der Waals surface area contributed by atoms with Crippen LogP contribution in [0, 0.1) is 0 Å². The Morgan fingerprint density at radius 2 is 1.78 bits per heavy atom. The molecule has 0 atom stereocenters. The highest BCUT2D eigenvalue weighted by Gasteiger charge is 2.07. The summed E-state index contributed by atoms with van der Waals surface area (Å²) in [7, 11) is 0. The van der Waals surface area contributed by atoms with Gasteiger partial charge in [0.05, 0.1) is 13.2 Å². The van der Waals surface area contributed by atoms with Crippen molar-refractivity contribution in [3.8, 4) is 5.75 Å². The first-order valence-electron chi connectivity index (χ1n) is 5.95. The van der Waals surface area contributed by atoms with Gasteiger partial charge in [0.1, 0.15) is 5.75 Å². The van der Waals surface area contributed by atoms with Gasteiger partial charge >= 0.3 is 0 Å². The molecule has 0 aliphatic rings. The lowest BCUT2D eigenvalue weighted by atomic mass is 10.2. The van der Waals surface area contributed by atoms with E-state index in [1.807, 2.05) is 13.8 Å². The standard InChI is InChI=1S/C13H18N2O3/c1-3-14-12(16)9-15-13(17)10-5-7-11(8-6-10)18-4-2/h5-8H,3-4,9H2,1-2H3,(H,14,16)(H,15,17). The van der Waals surface area contributed by atoms with E-state index < -0.39 is 0 Å². The number of likely N-dealkylation sites (N-methyl/N-ethyl adjacent to an activating group) is 1. The Hall–Kier alpha value is -2.04. The van der Waals surface area contributed by atoms with Crippen LogP contribution in [0.4, 0.5) is 0 Å². The Balaban J connectivity index is 2.48. The van der Waals surface area contributed by atoms with Gasteiger partial charge < -0.3 is 15.4 Å². The lowest BCUT2D eigenvalue weighted by Crippen LogP contribution is -2.36. The van der Waals surface area contributed by atoms with Crippen LogP contribution < -0.4 is 15.4 Å². The minimum Gasteiger partial charge on any atom is -0.494 e. The van der Waals surface area contributed by atoms with Crippen molar-refractivity contribution in [3.63, 3.8) is 0 Å². The number of hydrogen-bond donors (Lipinski definition) is 2. The molecule has 0 aliphatic heterocycles. The molecule has 1 rings (SSSR count). The molecule has 98 valence electrons. The van der Waals surface area contributed by atoms with Crippen LogP contribution in [0.2, 0.25) is 0 Å². The van der Waals surface area contributed by atoms with Crippen LogP contribution >= 0.6 is 0 Å². The Labute approximate surface area is 107 Å². The minimum atomic E-state index is -0.274. The molecule has 0 fully saturated rings. The number of benzene rings is 1. The van der Waals surface area contributed by atoms with Crippen molar-refractivity contribution in [3.05, 3.63) is 29.8 Å². The molecule has 0 unspecified atom stereocenters. The molecule has 18 heavy (non-hydrogen) atoms. The van der Waals surface area contributed by atoms with Gasteiger partial charge in [0.15, 0.2) is 0 Å². The quantitative estimate of drug-likeness (QED) is 0.790. The smallest absolute Gasteiger partial charge is 0.251 e. The molecule has 5 nitrogen and oxygen atoms in total. The van der Waals surface area contributed by atoms with Crippen molar-refractivity contribution in [2.75, 3.05) is 19.7 Å². The van der Waals surface area contributed by atoms with Gasteiger partial charge in [-0.15, -0.1) is 0 Å². The highest BCUT2D eigenvalue weighted by molar-refractivity contribution is 5.96. The average Bonchev–Trinajstić information content (AvgIpc) is 2.37. The lowest BCUT2D eigenvalue weighted by molar-refractivity contribution is -0.120. The molecule has 0 heterocycles. The summed E-state index contributed by atoms with van der Waals surface area (Å²) in [6, 6.07) is 6.78. The molecular formula is C13H18N2O3. The fourth-order valence-electron chi connectivity index (χ4n) is 1.39. The van der Waals surface area contributed by atoms with Crippen molar-refractivity contribution in [2.24, 2.45) is 0 Å². The lowest BCUT2D eigenvalue weighted by Gasteiger charge is -2.06. The number of carbonyl (C=O) groups excluding carboxylic acids is 2. The SMILES string of the molecule is CCNC(=O)CNC(=O)c1ccc(OCC)cc1. The zero-order chi connectivity index (χ0) is 13.4. The van der Waals surface area contributed by atoms with Gasteiger partial charge in [-0.2, -0.15) is 0 Å². The summed E-state index contributed by atoms with van der Waals surface area (Å²) in [6.45, 7) is 4.85. The summed E-state index contributed by atoms with van der Waals surface area (Å²) in [5, 5.41) is 5.15. The molecule has 0 aromatic heterocycles. The molecular weight excluding hydrogens is 232 g/mol. The van der Waals surface area contributed by atoms with Gasteiger partial charge in [0, 0.05) is 12.1 Å². The summed E-state index contributed by atoms with van der Waals surface area (Å²) in [4.78, 5) is 22.9. The third kappa shape index (κ3) is 4.45. The molecule has 1 aromatic rings. The van der Waals surface area contributed by atoms with E-state index in [0.717, 1.165) is 5.75 Å². The molecule has 0 radical (unpaired) electrons. The topological polar surface area (TPSA) is 67.4 Å². The second kappa shape index (κ2) is 7.32. The van der Waals surface area contributed by atoms with Crippen LogP contribution in [0.5, 0.6) is 5.75 Å². The largest absolute Gasteiger partial charge is 0.494 e. The van der Waals surface area contributed by atoms with Crippen LogP contribution in [-0.2, 0) is 4.79 Å². The van der Waals surface area contributed by atoms with E-state index in [9.17, 15) is 9.59 Å². The minimum absolute atomic E-state index is 0.0140. The van der Waals surface area contributed by atoms with Gasteiger partial charge in [-0.05, 0) is 38.1 Å². The summed E-state index contributed by atoms with van der Waals surface area (Å²) in [5.74, 6) is 0.249. The molecule has 0 spiro atoms. The first-order valence-corrected chi connectivity index (χ1v) is 5.95. The van der Waals surface area contributed by atoms with Gasteiger partial charge in [-0.1, -0.05) is 0 Å². The monoisotopic (exact) mass is 250 g/mol. The number of nitrogens with one attached hydrogen (secondary N) is 2. The van der Waals surface area contributed by atoms with E-state index in [1.54, 1.807) is 24.3 Å².